The van der Waals surface area contributed by atoms with Crippen molar-refractivity contribution in [2.24, 2.45) is 5.92 Å². The largest absolute Gasteiger partial charge is 0.394 e. The van der Waals surface area contributed by atoms with Crippen LogP contribution in [0.15, 0.2) is 30.3 Å². The smallest absolute Gasteiger partial charge is 0.317 e. The lowest BCUT2D eigenvalue weighted by Gasteiger charge is -2.30. The maximum Gasteiger partial charge on any atom is 0.317 e. The summed E-state index contributed by atoms with van der Waals surface area (Å²) >= 11 is 0. The van der Waals surface area contributed by atoms with Crippen LogP contribution >= 0.6 is 0 Å². The lowest BCUT2D eigenvalue weighted by atomic mass is 10.0. The highest BCUT2D eigenvalue weighted by Gasteiger charge is 2.44. The van der Waals surface area contributed by atoms with E-state index >= 15 is 0 Å². The first-order chi connectivity index (χ1) is 22.2. The van der Waals surface area contributed by atoms with Gasteiger partial charge in [0.05, 0.1) is 19.7 Å². The number of urea groups is 1. The van der Waals surface area contributed by atoms with Gasteiger partial charge in [-0.3, -0.25) is 28.8 Å². The fraction of sp³-hybridized carbons (Fsp3) is 0.581. The first-order valence-electron chi connectivity index (χ1n) is 15.5. The Balaban J connectivity index is 1.99. The van der Waals surface area contributed by atoms with Crippen LogP contribution < -0.4 is 26.6 Å². The molecule has 5 atom stereocenters. The van der Waals surface area contributed by atoms with Crippen LogP contribution in [0.4, 0.5) is 4.79 Å². The normalized spacial score (nSPS) is 24.4. The number of aliphatic hydroxyl groups is 1. The van der Waals surface area contributed by atoms with Crippen LogP contribution in [-0.2, 0) is 35.2 Å². The number of amides is 8. The third-order valence-electron chi connectivity index (χ3n) is 7.87. The summed E-state index contributed by atoms with van der Waals surface area (Å²) in [5, 5.41) is 23.1. The Kier molecular flexibility index (Phi) is 13.1. The molecule has 3 rings (SSSR count). The van der Waals surface area contributed by atoms with Gasteiger partial charge >= 0.3 is 6.03 Å². The highest BCUT2D eigenvalue weighted by atomic mass is 16.3. The molecule has 2 heterocycles. The first-order valence-corrected chi connectivity index (χ1v) is 15.5. The molecule has 1 aromatic carbocycles. The quantitative estimate of drug-likeness (QED) is 0.176. The topological polar surface area (TPSA) is 210 Å². The predicted molar refractivity (Wildman–Crippen MR) is 169 cm³/mol. The molecule has 2 aliphatic rings. The number of benzene rings is 1. The number of rotatable bonds is 8. The molecule has 16 nitrogen and oxygen atoms in total. The molecule has 2 aliphatic heterocycles. The summed E-state index contributed by atoms with van der Waals surface area (Å²) < 4.78 is 0. The van der Waals surface area contributed by atoms with Crippen LogP contribution in [0.5, 0.6) is 0 Å². The zero-order valence-corrected chi connectivity index (χ0v) is 27.4. The van der Waals surface area contributed by atoms with Gasteiger partial charge in [-0.25, -0.2) is 4.79 Å². The molecule has 0 aromatic heterocycles. The van der Waals surface area contributed by atoms with Gasteiger partial charge in [0.25, 0.3) is 0 Å². The number of carbonyl (C=O) groups excluding carboxylic acids is 7. The zero-order chi connectivity index (χ0) is 34.8. The average Bonchev–Trinajstić information content (AvgIpc) is 3.44. The van der Waals surface area contributed by atoms with E-state index in [0.29, 0.717) is 0 Å². The molecular formula is C31H46N8O8. The van der Waals surface area contributed by atoms with E-state index in [1.165, 1.54) is 30.9 Å². The minimum atomic E-state index is -1.43. The van der Waals surface area contributed by atoms with Crippen molar-refractivity contribution in [1.82, 2.24) is 41.3 Å². The molecule has 2 saturated heterocycles. The highest BCUT2D eigenvalue weighted by molar-refractivity contribution is 5.97. The molecule has 47 heavy (non-hydrogen) atoms. The molecule has 0 radical (unpaired) electrons. The maximum absolute atomic E-state index is 14.3. The van der Waals surface area contributed by atoms with E-state index in [1.807, 2.05) is 13.8 Å². The van der Waals surface area contributed by atoms with E-state index in [-0.39, 0.29) is 38.3 Å². The molecular weight excluding hydrogens is 612 g/mol. The van der Waals surface area contributed by atoms with Crippen molar-refractivity contribution in [3.63, 3.8) is 0 Å². The van der Waals surface area contributed by atoms with Crippen LogP contribution in [0.3, 0.4) is 0 Å². The molecule has 258 valence electrons. The second-order valence-electron chi connectivity index (χ2n) is 12.5. The number of aliphatic hydroxyl groups excluding tert-OH is 1. The average molecular weight is 659 g/mol. The highest BCUT2D eigenvalue weighted by Crippen LogP contribution is 2.21. The summed E-state index contributed by atoms with van der Waals surface area (Å²) in [5.74, 6) is -3.95. The van der Waals surface area contributed by atoms with Gasteiger partial charge in [-0.2, -0.15) is 0 Å². The standard InChI is InChI=1S/C31H46N8O8/c1-18(2)11-21-27(43)35-22(12-19-9-7-6-8-10-19)30(46)39-15-20(33-25(41)14-32-31(47)37(3)4)13-24(39)28(44)36-23(17-40)29(45)38(5)16-26(42)34-21/h6-10,18,20-24,40H,11-17H2,1-5H3,(H,32,47)(H,33,41)(H,34,42)(H,35,43)(H,36,44)/t20-,21-,22-,23-,24-/m0/s1. The SMILES string of the molecule is CC(C)C[C@@H]1NC(=O)CN(C)C(=O)[C@H](CO)NC(=O)[C@@H]2C[C@H](NC(=O)CNC(=O)N(C)C)CN2C(=O)[C@H](Cc2ccccc2)NC1=O. The van der Waals surface area contributed by atoms with E-state index in [1.54, 1.807) is 30.3 Å². The van der Waals surface area contributed by atoms with Crippen molar-refractivity contribution in [1.29, 1.82) is 0 Å². The second kappa shape index (κ2) is 16.7. The van der Waals surface area contributed by atoms with Gasteiger partial charge in [0.1, 0.15) is 24.2 Å². The Morgan fingerprint density at radius 3 is 2.23 bits per heavy atom. The number of hydrogen-bond acceptors (Lipinski definition) is 8. The van der Waals surface area contributed by atoms with Crippen LogP contribution in [0.2, 0.25) is 0 Å². The number of nitrogens with zero attached hydrogens (tertiary/aromatic N) is 3. The van der Waals surface area contributed by atoms with Gasteiger partial charge in [0, 0.05) is 40.2 Å². The molecule has 0 aliphatic carbocycles. The number of fused-ring (bicyclic) bond motifs is 1. The number of nitrogens with one attached hydrogen (secondary N) is 5. The van der Waals surface area contributed by atoms with Crippen LogP contribution in [0.1, 0.15) is 32.3 Å². The van der Waals surface area contributed by atoms with Crippen molar-refractivity contribution in [3.05, 3.63) is 35.9 Å². The third-order valence-corrected chi connectivity index (χ3v) is 7.87. The third kappa shape index (κ3) is 10.4. The summed E-state index contributed by atoms with van der Waals surface area (Å²) in [4.78, 5) is 95.8. The maximum atomic E-state index is 14.3. The summed E-state index contributed by atoms with van der Waals surface area (Å²) in [5.41, 5.74) is 0.725. The van der Waals surface area contributed by atoms with Crippen molar-refractivity contribution in [2.45, 2.75) is 63.3 Å². The zero-order valence-electron chi connectivity index (χ0n) is 27.4. The van der Waals surface area contributed by atoms with Gasteiger partial charge in [-0.05, 0) is 24.3 Å². The van der Waals surface area contributed by atoms with Gasteiger partial charge in [-0.1, -0.05) is 44.2 Å². The Labute approximate surface area is 273 Å². The summed E-state index contributed by atoms with van der Waals surface area (Å²) in [6.07, 6.45) is 0.257. The van der Waals surface area contributed by atoms with E-state index in [4.69, 9.17) is 0 Å². The Hall–Kier alpha value is -4.73. The minimum Gasteiger partial charge on any atom is -0.394 e. The molecule has 0 unspecified atom stereocenters. The fourth-order valence-corrected chi connectivity index (χ4v) is 5.50. The first kappa shape index (κ1) is 36.7. The molecule has 8 amide bonds. The van der Waals surface area contributed by atoms with Gasteiger partial charge in [-0.15, -0.1) is 0 Å². The van der Waals surface area contributed by atoms with Crippen molar-refractivity contribution in [2.75, 3.05) is 47.4 Å². The summed E-state index contributed by atoms with van der Waals surface area (Å²) in [7, 11) is 4.37. The second-order valence-corrected chi connectivity index (χ2v) is 12.5. The van der Waals surface area contributed by atoms with Gasteiger partial charge in [0.15, 0.2) is 0 Å². The molecule has 6 N–H and O–H groups in total. The van der Waals surface area contributed by atoms with Crippen LogP contribution in [0.25, 0.3) is 0 Å². The minimum absolute atomic E-state index is 0.0220. The number of likely N-dealkylation sites (N-methyl/N-ethyl adjacent to an activating group) is 1. The van der Waals surface area contributed by atoms with Crippen molar-refractivity contribution >= 4 is 41.5 Å². The molecule has 0 spiro atoms. The predicted octanol–water partition coefficient (Wildman–Crippen LogP) is -2.45. The van der Waals surface area contributed by atoms with E-state index in [2.05, 4.69) is 26.6 Å². The lowest BCUT2D eigenvalue weighted by Crippen LogP contribution is -2.58. The Morgan fingerprint density at radius 1 is 0.957 bits per heavy atom. The fourth-order valence-electron chi connectivity index (χ4n) is 5.50. The summed E-state index contributed by atoms with van der Waals surface area (Å²) in [6, 6.07) is 2.93. The van der Waals surface area contributed by atoms with Crippen molar-refractivity contribution in [3.8, 4) is 0 Å². The Morgan fingerprint density at radius 2 is 1.62 bits per heavy atom. The molecule has 16 heteroatoms. The van der Waals surface area contributed by atoms with E-state index in [9.17, 15) is 38.7 Å². The molecule has 0 saturated carbocycles. The number of carbonyl (C=O) groups is 7. The van der Waals surface area contributed by atoms with E-state index < -0.39 is 84.8 Å². The van der Waals surface area contributed by atoms with Crippen LogP contribution in [-0.4, -0.2) is 139 Å². The molecule has 0 bridgehead atoms. The van der Waals surface area contributed by atoms with Gasteiger partial charge < -0.3 is 46.4 Å². The Bertz CT molecular complexity index is 1320. The monoisotopic (exact) mass is 658 g/mol. The lowest BCUT2D eigenvalue weighted by molar-refractivity contribution is -0.143. The van der Waals surface area contributed by atoms with Crippen molar-refractivity contribution < 1.29 is 38.7 Å². The van der Waals surface area contributed by atoms with E-state index in [0.717, 1.165) is 10.5 Å². The summed E-state index contributed by atoms with van der Waals surface area (Å²) in [6.45, 7) is 2.05. The van der Waals surface area contributed by atoms with Gasteiger partial charge in [0.2, 0.25) is 35.4 Å². The molecule has 2 fully saturated rings. The molecule has 1 aromatic rings. The number of hydrogen-bond donors (Lipinski definition) is 6. The van der Waals surface area contributed by atoms with Crippen LogP contribution in [0, 0.1) is 5.92 Å².